The number of fused-ring (bicyclic) bond motifs is 1. The second kappa shape index (κ2) is 8.93. The number of hydrogen-bond acceptors (Lipinski definition) is 4. The third kappa shape index (κ3) is 4.69. The van der Waals surface area contributed by atoms with Crippen LogP contribution in [0.15, 0.2) is 23.2 Å². The summed E-state index contributed by atoms with van der Waals surface area (Å²) in [6.45, 7) is 6.86. The second-order valence-electron chi connectivity index (χ2n) is 6.69. The molecule has 1 aromatic rings. The van der Waals surface area contributed by atoms with Crippen molar-refractivity contribution in [1.29, 1.82) is 0 Å². The van der Waals surface area contributed by atoms with E-state index < -0.39 is 0 Å². The minimum atomic E-state index is 0. The molecule has 25 heavy (non-hydrogen) atoms. The summed E-state index contributed by atoms with van der Waals surface area (Å²) in [5, 5.41) is 6.83. The van der Waals surface area contributed by atoms with Crippen molar-refractivity contribution in [3.8, 4) is 11.5 Å². The van der Waals surface area contributed by atoms with Crippen LogP contribution in [0.5, 0.6) is 11.5 Å². The van der Waals surface area contributed by atoms with Gasteiger partial charge in [0.1, 0.15) is 0 Å². The molecule has 0 radical (unpaired) electrons. The van der Waals surface area contributed by atoms with Gasteiger partial charge in [-0.1, -0.05) is 6.07 Å². The van der Waals surface area contributed by atoms with Gasteiger partial charge in [0.15, 0.2) is 17.5 Å². The highest BCUT2D eigenvalue weighted by Crippen LogP contribution is 2.40. The Labute approximate surface area is 166 Å². The molecular weight excluding hydrogens is 433 g/mol. The van der Waals surface area contributed by atoms with Crippen molar-refractivity contribution in [2.75, 3.05) is 33.6 Å². The standard InChI is InChI=1S/C18H27N3O3.HI/c1-13(2)21-17(19-3)20-11-18(6-8-22-9-7-18)14-4-5-15-16(10-14)24-12-23-15;/h4-5,10,13H,6-9,11-12H2,1-3H3,(H2,19,20,21);1H. The van der Waals surface area contributed by atoms with Gasteiger partial charge in [-0.25, -0.2) is 0 Å². The number of nitrogens with one attached hydrogen (secondary N) is 2. The van der Waals surface area contributed by atoms with E-state index in [1.165, 1.54) is 5.56 Å². The Morgan fingerprint density at radius 3 is 2.60 bits per heavy atom. The summed E-state index contributed by atoms with van der Waals surface area (Å²) in [6, 6.07) is 6.62. The van der Waals surface area contributed by atoms with E-state index in [1.54, 1.807) is 7.05 Å². The summed E-state index contributed by atoms with van der Waals surface area (Å²) in [5.74, 6) is 2.49. The first-order valence-electron chi connectivity index (χ1n) is 8.58. The Balaban J connectivity index is 0.00000225. The van der Waals surface area contributed by atoms with Crippen molar-refractivity contribution in [2.24, 2.45) is 4.99 Å². The van der Waals surface area contributed by atoms with E-state index in [1.807, 2.05) is 6.07 Å². The average molecular weight is 461 g/mol. The van der Waals surface area contributed by atoms with Crippen LogP contribution in [0.2, 0.25) is 0 Å². The average Bonchev–Trinajstić information content (AvgIpc) is 3.07. The summed E-state index contributed by atoms with van der Waals surface area (Å²) in [6.07, 6.45) is 1.94. The van der Waals surface area contributed by atoms with Crippen LogP contribution in [0, 0.1) is 0 Å². The molecule has 0 atom stereocenters. The topological polar surface area (TPSA) is 64.1 Å². The number of rotatable bonds is 4. The zero-order valence-corrected chi connectivity index (χ0v) is 17.5. The summed E-state index contributed by atoms with van der Waals surface area (Å²) in [4.78, 5) is 4.31. The number of halogens is 1. The monoisotopic (exact) mass is 461 g/mol. The molecule has 2 aliphatic heterocycles. The Morgan fingerprint density at radius 2 is 1.92 bits per heavy atom. The third-order valence-electron chi connectivity index (χ3n) is 4.68. The van der Waals surface area contributed by atoms with Crippen LogP contribution in [0.4, 0.5) is 0 Å². The number of aliphatic imine (C=N–C) groups is 1. The predicted octanol–water partition coefficient (Wildman–Crippen LogP) is 2.65. The zero-order chi connectivity index (χ0) is 17.0. The third-order valence-corrected chi connectivity index (χ3v) is 4.68. The number of guanidine groups is 1. The highest BCUT2D eigenvalue weighted by Gasteiger charge is 2.35. The van der Waals surface area contributed by atoms with Crippen LogP contribution >= 0.6 is 24.0 Å². The van der Waals surface area contributed by atoms with Crippen LogP contribution < -0.4 is 20.1 Å². The molecule has 1 aromatic carbocycles. The number of nitrogens with zero attached hydrogens (tertiary/aromatic N) is 1. The maximum absolute atomic E-state index is 5.61. The molecule has 2 heterocycles. The fraction of sp³-hybridized carbons (Fsp3) is 0.611. The van der Waals surface area contributed by atoms with Crippen molar-refractivity contribution in [2.45, 2.75) is 38.1 Å². The van der Waals surface area contributed by atoms with Gasteiger partial charge in [-0.15, -0.1) is 24.0 Å². The first kappa shape index (κ1) is 20.1. The van der Waals surface area contributed by atoms with E-state index in [9.17, 15) is 0 Å². The first-order chi connectivity index (χ1) is 11.6. The Hall–Kier alpha value is -1.22. The van der Waals surface area contributed by atoms with Gasteiger partial charge in [-0.3, -0.25) is 4.99 Å². The molecule has 0 unspecified atom stereocenters. The zero-order valence-electron chi connectivity index (χ0n) is 15.1. The van der Waals surface area contributed by atoms with Gasteiger partial charge in [0.2, 0.25) is 6.79 Å². The van der Waals surface area contributed by atoms with Gasteiger partial charge in [0.05, 0.1) is 0 Å². The molecule has 0 saturated carbocycles. The normalized spacial score (nSPS) is 18.6. The lowest BCUT2D eigenvalue weighted by Gasteiger charge is -2.38. The molecule has 7 heteroatoms. The van der Waals surface area contributed by atoms with E-state index in [0.717, 1.165) is 50.1 Å². The maximum atomic E-state index is 5.61. The van der Waals surface area contributed by atoms with Crippen molar-refractivity contribution in [3.63, 3.8) is 0 Å². The lowest BCUT2D eigenvalue weighted by molar-refractivity contribution is 0.0513. The maximum Gasteiger partial charge on any atom is 0.231 e. The fourth-order valence-electron chi connectivity index (χ4n) is 3.28. The van der Waals surface area contributed by atoms with Gasteiger partial charge in [0, 0.05) is 38.3 Å². The minimum absolute atomic E-state index is 0. The molecule has 0 aromatic heterocycles. The van der Waals surface area contributed by atoms with Crippen LogP contribution in [0.1, 0.15) is 32.3 Å². The smallest absolute Gasteiger partial charge is 0.231 e. The van der Waals surface area contributed by atoms with Gasteiger partial charge in [0.25, 0.3) is 0 Å². The molecule has 0 aliphatic carbocycles. The summed E-state index contributed by atoms with van der Waals surface area (Å²) in [5.41, 5.74) is 1.27. The SMILES string of the molecule is CN=C(NCC1(c2ccc3c(c2)OCO3)CCOCC1)NC(C)C.I. The summed E-state index contributed by atoms with van der Waals surface area (Å²) >= 11 is 0. The summed E-state index contributed by atoms with van der Waals surface area (Å²) in [7, 11) is 1.80. The highest BCUT2D eigenvalue weighted by atomic mass is 127. The molecular formula is C18H28IN3O3. The Morgan fingerprint density at radius 1 is 1.20 bits per heavy atom. The molecule has 0 spiro atoms. The van der Waals surface area contributed by atoms with E-state index in [2.05, 4.69) is 41.6 Å². The van der Waals surface area contributed by atoms with Crippen LogP contribution in [0.3, 0.4) is 0 Å². The van der Waals surface area contributed by atoms with Gasteiger partial charge in [-0.05, 0) is 44.4 Å². The molecule has 1 saturated heterocycles. The fourth-order valence-corrected chi connectivity index (χ4v) is 3.28. The number of benzene rings is 1. The Kier molecular flexibility index (Phi) is 7.18. The van der Waals surface area contributed by atoms with Gasteiger partial charge in [-0.2, -0.15) is 0 Å². The summed E-state index contributed by atoms with van der Waals surface area (Å²) < 4.78 is 16.6. The largest absolute Gasteiger partial charge is 0.454 e. The molecule has 2 aliphatic rings. The second-order valence-corrected chi connectivity index (χ2v) is 6.69. The molecule has 3 rings (SSSR count). The number of ether oxygens (including phenoxy) is 3. The molecule has 0 bridgehead atoms. The first-order valence-corrected chi connectivity index (χ1v) is 8.58. The van der Waals surface area contributed by atoms with Crippen LogP contribution in [0.25, 0.3) is 0 Å². The van der Waals surface area contributed by atoms with Crippen LogP contribution in [-0.2, 0) is 10.2 Å². The highest BCUT2D eigenvalue weighted by molar-refractivity contribution is 14.0. The quantitative estimate of drug-likeness (QED) is 0.410. The van der Waals surface area contributed by atoms with Gasteiger partial charge >= 0.3 is 0 Å². The van der Waals surface area contributed by atoms with Gasteiger partial charge < -0.3 is 24.8 Å². The predicted molar refractivity (Wildman–Crippen MR) is 109 cm³/mol. The van der Waals surface area contributed by atoms with Crippen molar-refractivity contribution >= 4 is 29.9 Å². The lowest BCUT2D eigenvalue weighted by Crippen LogP contribution is -2.49. The van der Waals surface area contributed by atoms with Crippen molar-refractivity contribution in [3.05, 3.63) is 23.8 Å². The van der Waals surface area contributed by atoms with E-state index in [-0.39, 0.29) is 29.4 Å². The number of hydrogen-bond donors (Lipinski definition) is 2. The van der Waals surface area contributed by atoms with E-state index in [4.69, 9.17) is 14.2 Å². The van der Waals surface area contributed by atoms with E-state index >= 15 is 0 Å². The van der Waals surface area contributed by atoms with Crippen molar-refractivity contribution < 1.29 is 14.2 Å². The molecule has 140 valence electrons. The molecule has 0 amide bonds. The van der Waals surface area contributed by atoms with Crippen LogP contribution in [-0.4, -0.2) is 45.6 Å². The molecule has 2 N–H and O–H groups in total. The Bertz CT molecular complexity index is 601. The lowest BCUT2D eigenvalue weighted by atomic mass is 9.74. The van der Waals surface area contributed by atoms with E-state index in [0.29, 0.717) is 12.8 Å². The molecule has 6 nitrogen and oxygen atoms in total. The van der Waals surface area contributed by atoms with Crippen molar-refractivity contribution in [1.82, 2.24) is 10.6 Å². The molecule has 1 fully saturated rings. The minimum Gasteiger partial charge on any atom is -0.454 e.